The first-order chi connectivity index (χ1) is 8.26. The summed E-state index contributed by atoms with van der Waals surface area (Å²) < 4.78 is 4.90. The number of nitrogens with zero attached hydrogens (tertiary/aromatic N) is 1. The number of methoxy groups -OCH3 is 1. The highest BCUT2D eigenvalue weighted by Gasteiger charge is 2.40. The molecule has 1 aliphatic heterocycles. The normalized spacial score (nSPS) is 33.9. The lowest BCUT2D eigenvalue weighted by Crippen LogP contribution is -2.49. The average molecular weight is 238 g/mol. The molecule has 2 bridgehead atoms. The van der Waals surface area contributed by atoms with Crippen molar-refractivity contribution in [2.24, 2.45) is 5.92 Å². The Morgan fingerprint density at radius 2 is 2.24 bits per heavy atom. The second kappa shape index (κ2) is 4.58. The molecule has 2 saturated carbocycles. The Labute approximate surface area is 103 Å². The van der Waals surface area contributed by atoms with Crippen molar-refractivity contribution in [1.82, 2.24) is 10.2 Å². The van der Waals surface area contributed by atoms with Gasteiger partial charge in [0, 0.05) is 25.2 Å². The van der Waals surface area contributed by atoms with Crippen molar-refractivity contribution in [1.29, 1.82) is 0 Å². The van der Waals surface area contributed by atoms with Crippen LogP contribution in [0.3, 0.4) is 0 Å². The van der Waals surface area contributed by atoms with Gasteiger partial charge in [-0.25, -0.2) is 0 Å². The van der Waals surface area contributed by atoms with Gasteiger partial charge in [-0.2, -0.15) is 0 Å². The fourth-order valence-corrected chi connectivity index (χ4v) is 3.36. The van der Waals surface area contributed by atoms with Crippen LogP contribution in [0.15, 0.2) is 0 Å². The molecule has 1 saturated heterocycles. The molecule has 4 nitrogen and oxygen atoms in total. The first kappa shape index (κ1) is 11.5. The molecule has 3 rings (SSSR count). The van der Waals surface area contributed by atoms with E-state index in [1.54, 1.807) is 0 Å². The molecule has 0 amide bonds. The maximum absolute atomic E-state index is 11.8. The molecule has 0 aromatic carbocycles. The van der Waals surface area contributed by atoms with Gasteiger partial charge in [-0.15, -0.1) is 0 Å². The standard InChI is InChI=1S/C13H22N2O2/c1-17-13(16)12(14-10-3-4-10)8-15-7-9-2-5-11(15)6-9/h9-12,14H,2-8H2,1H3. The number of fused-ring (bicyclic) bond motifs is 2. The Morgan fingerprint density at radius 3 is 2.76 bits per heavy atom. The zero-order chi connectivity index (χ0) is 11.8. The molecule has 3 aliphatic rings. The molecule has 2 aliphatic carbocycles. The maximum Gasteiger partial charge on any atom is 0.324 e. The second-order valence-electron chi connectivity index (χ2n) is 5.80. The Hall–Kier alpha value is -0.610. The number of carbonyl (C=O) groups is 1. The van der Waals surface area contributed by atoms with Gasteiger partial charge in [0.05, 0.1) is 7.11 Å². The fourth-order valence-electron chi connectivity index (χ4n) is 3.36. The van der Waals surface area contributed by atoms with E-state index in [0.717, 1.165) is 18.5 Å². The number of nitrogens with one attached hydrogen (secondary N) is 1. The monoisotopic (exact) mass is 238 g/mol. The number of hydrogen-bond donors (Lipinski definition) is 1. The van der Waals surface area contributed by atoms with Crippen molar-refractivity contribution < 1.29 is 9.53 Å². The minimum atomic E-state index is -0.119. The molecule has 0 aromatic heterocycles. The van der Waals surface area contributed by atoms with Crippen LogP contribution in [0.2, 0.25) is 0 Å². The van der Waals surface area contributed by atoms with Gasteiger partial charge in [-0.3, -0.25) is 9.69 Å². The lowest BCUT2D eigenvalue weighted by molar-refractivity contribution is -0.143. The third kappa shape index (κ3) is 2.47. The number of esters is 1. The lowest BCUT2D eigenvalue weighted by Gasteiger charge is -2.30. The van der Waals surface area contributed by atoms with E-state index < -0.39 is 0 Å². The molecule has 0 spiro atoms. The SMILES string of the molecule is COC(=O)C(CN1CC2CCC1C2)NC1CC1. The van der Waals surface area contributed by atoms with E-state index in [4.69, 9.17) is 4.74 Å². The summed E-state index contributed by atoms with van der Waals surface area (Å²) in [5.41, 5.74) is 0. The van der Waals surface area contributed by atoms with Gasteiger partial charge in [0.15, 0.2) is 0 Å². The first-order valence-corrected chi connectivity index (χ1v) is 6.84. The average Bonchev–Trinajstić information content (AvgIpc) is 2.91. The lowest BCUT2D eigenvalue weighted by atomic mass is 10.1. The quantitative estimate of drug-likeness (QED) is 0.718. The van der Waals surface area contributed by atoms with Crippen LogP contribution in [-0.4, -0.2) is 49.2 Å². The van der Waals surface area contributed by atoms with Crippen LogP contribution >= 0.6 is 0 Å². The van der Waals surface area contributed by atoms with Gasteiger partial charge in [0.25, 0.3) is 0 Å². The highest BCUT2D eigenvalue weighted by Crippen LogP contribution is 2.37. The van der Waals surface area contributed by atoms with Crippen LogP contribution in [0, 0.1) is 5.92 Å². The Morgan fingerprint density at radius 1 is 1.41 bits per heavy atom. The van der Waals surface area contributed by atoms with Gasteiger partial charge in [-0.1, -0.05) is 0 Å². The van der Waals surface area contributed by atoms with E-state index in [0.29, 0.717) is 6.04 Å². The summed E-state index contributed by atoms with van der Waals surface area (Å²) >= 11 is 0. The minimum Gasteiger partial charge on any atom is -0.468 e. The molecule has 1 heterocycles. The van der Waals surface area contributed by atoms with E-state index in [2.05, 4.69) is 10.2 Å². The summed E-state index contributed by atoms with van der Waals surface area (Å²) in [4.78, 5) is 14.2. The molecule has 0 aromatic rings. The van der Waals surface area contributed by atoms with E-state index in [-0.39, 0.29) is 12.0 Å². The van der Waals surface area contributed by atoms with E-state index in [1.807, 2.05) is 0 Å². The van der Waals surface area contributed by atoms with Gasteiger partial charge >= 0.3 is 5.97 Å². The minimum absolute atomic E-state index is 0.0975. The van der Waals surface area contributed by atoms with Crippen LogP contribution in [0.25, 0.3) is 0 Å². The molecule has 3 fully saturated rings. The van der Waals surface area contributed by atoms with Crippen LogP contribution in [0.4, 0.5) is 0 Å². The summed E-state index contributed by atoms with van der Waals surface area (Å²) in [5, 5.41) is 3.41. The predicted octanol–water partition coefficient (Wildman–Crippen LogP) is 0.764. The van der Waals surface area contributed by atoms with Gasteiger partial charge in [-0.05, 0) is 38.0 Å². The van der Waals surface area contributed by atoms with Crippen LogP contribution < -0.4 is 5.32 Å². The van der Waals surface area contributed by atoms with Crippen molar-refractivity contribution >= 4 is 5.97 Å². The molecular formula is C13H22N2O2. The third-order valence-corrected chi connectivity index (χ3v) is 4.44. The number of hydrogen-bond acceptors (Lipinski definition) is 4. The molecule has 3 atom stereocenters. The second-order valence-corrected chi connectivity index (χ2v) is 5.80. The highest BCUT2D eigenvalue weighted by molar-refractivity contribution is 5.76. The van der Waals surface area contributed by atoms with Crippen LogP contribution in [0.5, 0.6) is 0 Å². The highest BCUT2D eigenvalue weighted by atomic mass is 16.5. The predicted molar refractivity (Wildman–Crippen MR) is 64.7 cm³/mol. The van der Waals surface area contributed by atoms with Gasteiger partial charge in [0.2, 0.25) is 0 Å². The first-order valence-electron chi connectivity index (χ1n) is 6.84. The molecule has 3 unspecified atom stereocenters. The fraction of sp³-hybridized carbons (Fsp3) is 0.923. The van der Waals surface area contributed by atoms with Crippen molar-refractivity contribution in [2.45, 2.75) is 50.2 Å². The van der Waals surface area contributed by atoms with Crippen LogP contribution in [-0.2, 0) is 9.53 Å². The molecular weight excluding hydrogens is 216 g/mol. The molecule has 0 radical (unpaired) electrons. The summed E-state index contributed by atoms with van der Waals surface area (Å²) in [6, 6.07) is 1.17. The van der Waals surface area contributed by atoms with E-state index in [1.165, 1.54) is 45.8 Å². The molecule has 96 valence electrons. The largest absolute Gasteiger partial charge is 0.468 e. The van der Waals surface area contributed by atoms with E-state index in [9.17, 15) is 4.79 Å². The Kier molecular flexibility index (Phi) is 3.09. The number of carbonyl (C=O) groups excluding carboxylic acids is 1. The molecule has 4 heteroatoms. The summed E-state index contributed by atoms with van der Waals surface area (Å²) in [7, 11) is 1.49. The topological polar surface area (TPSA) is 41.6 Å². The summed E-state index contributed by atoms with van der Waals surface area (Å²) in [6.45, 7) is 2.02. The maximum atomic E-state index is 11.8. The molecule has 17 heavy (non-hydrogen) atoms. The smallest absolute Gasteiger partial charge is 0.324 e. The number of rotatable bonds is 5. The molecule has 1 N–H and O–H groups in total. The van der Waals surface area contributed by atoms with Gasteiger partial charge < -0.3 is 10.1 Å². The number of piperidine rings is 1. The summed E-state index contributed by atoms with van der Waals surface area (Å²) in [5.74, 6) is 0.791. The van der Waals surface area contributed by atoms with Crippen molar-refractivity contribution in [3.63, 3.8) is 0 Å². The number of ether oxygens (including phenoxy) is 1. The van der Waals surface area contributed by atoms with Crippen LogP contribution in [0.1, 0.15) is 32.1 Å². The Balaban J connectivity index is 1.57. The Bertz CT molecular complexity index is 304. The van der Waals surface area contributed by atoms with E-state index >= 15 is 0 Å². The van der Waals surface area contributed by atoms with Gasteiger partial charge in [0.1, 0.15) is 6.04 Å². The third-order valence-electron chi connectivity index (χ3n) is 4.44. The zero-order valence-electron chi connectivity index (χ0n) is 10.5. The zero-order valence-corrected chi connectivity index (χ0v) is 10.5. The van der Waals surface area contributed by atoms with Crippen molar-refractivity contribution in [3.05, 3.63) is 0 Å². The van der Waals surface area contributed by atoms with Crippen molar-refractivity contribution in [3.8, 4) is 0 Å². The van der Waals surface area contributed by atoms with Crippen molar-refractivity contribution in [2.75, 3.05) is 20.2 Å². The number of likely N-dealkylation sites (tertiary alicyclic amines) is 1. The summed E-state index contributed by atoms with van der Waals surface area (Å²) in [6.07, 6.45) is 6.47.